The predicted molar refractivity (Wildman–Crippen MR) is 59.2 cm³/mol. The molecule has 1 aromatic heterocycles. The highest BCUT2D eigenvalue weighted by atomic mass is 16.3. The molecule has 1 aliphatic rings. The van der Waals surface area contributed by atoms with Crippen LogP contribution in [-0.2, 0) is 0 Å². The summed E-state index contributed by atoms with van der Waals surface area (Å²) in [5, 5.41) is 12.4. The Morgan fingerprint density at radius 3 is 2.62 bits per heavy atom. The highest BCUT2D eigenvalue weighted by Crippen LogP contribution is 2.25. The second-order valence-corrected chi connectivity index (χ2v) is 3.98. The molecule has 2 aromatic rings. The fourth-order valence-electron chi connectivity index (χ4n) is 1.71. The quantitative estimate of drug-likeness (QED) is 0.802. The molecular formula is C12H12N2O2. The van der Waals surface area contributed by atoms with Crippen molar-refractivity contribution in [2.24, 2.45) is 0 Å². The van der Waals surface area contributed by atoms with E-state index in [0.29, 0.717) is 11.8 Å². The average Bonchev–Trinajstić information content (AvgIpc) is 2.65. The minimum Gasteiger partial charge on any atom is -0.508 e. The van der Waals surface area contributed by atoms with Crippen LogP contribution in [0.1, 0.15) is 11.6 Å². The van der Waals surface area contributed by atoms with E-state index in [2.05, 4.69) is 10.3 Å². The third-order valence-electron chi connectivity index (χ3n) is 2.84. The summed E-state index contributed by atoms with van der Waals surface area (Å²) in [5.74, 6) is 1.34. The Balaban J connectivity index is 1.88. The summed E-state index contributed by atoms with van der Waals surface area (Å²) in [6.45, 7) is 1.95. The number of rotatable bonds is 2. The van der Waals surface area contributed by atoms with Crippen LogP contribution < -0.4 is 5.32 Å². The lowest BCUT2D eigenvalue weighted by Gasteiger charge is -2.24. The van der Waals surface area contributed by atoms with Gasteiger partial charge in [0.25, 0.3) is 0 Å². The van der Waals surface area contributed by atoms with Crippen molar-refractivity contribution in [2.45, 2.75) is 5.92 Å². The molecule has 0 unspecified atom stereocenters. The molecule has 0 radical (unpaired) electrons. The highest BCUT2D eigenvalue weighted by Gasteiger charge is 2.22. The van der Waals surface area contributed by atoms with Crippen LogP contribution in [-0.4, -0.2) is 23.2 Å². The smallest absolute Gasteiger partial charge is 0.226 e. The average molecular weight is 216 g/mol. The van der Waals surface area contributed by atoms with Gasteiger partial charge in [-0.1, -0.05) is 0 Å². The van der Waals surface area contributed by atoms with Crippen LogP contribution in [0.15, 0.2) is 34.9 Å². The van der Waals surface area contributed by atoms with E-state index in [9.17, 15) is 5.11 Å². The van der Waals surface area contributed by atoms with Crippen molar-refractivity contribution in [3.05, 3.63) is 36.2 Å². The predicted octanol–water partition coefficient (Wildman–Crippen LogP) is 1.73. The van der Waals surface area contributed by atoms with E-state index in [4.69, 9.17) is 4.42 Å². The molecule has 1 aliphatic heterocycles. The van der Waals surface area contributed by atoms with Gasteiger partial charge in [-0.2, -0.15) is 0 Å². The lowest BCUT2D eigenvalue weighted by molar-refractivity contribution is 0.438. The number of oxazole rings is 1. The molecule has 0 bridgehead atoms. The highest BCUT2D eigenvalue weighted by molar-refractivity contribution is 5.54. The van der Waals surface area contributed by atoms with Gasteiger partial charge in [0.15, 0.2) is 0 Å². The van der Waals surface area contributed by atoms with Crippen molar-refractivity contribution in [1.82, 2.24) is 10.3 Å². The van der Waals surface area contributed by atoms with Crippen LogP contribution in [0.4, 0.5) is 0 Å². The third-order valence-corrected chi connectivity index (χ3v) is 2.84. The van der Waals surface area contributed by atoms with Gasteiger partial charge < -0.3 is 14.8 Å². The Bertz CT molecular complexity index is 486. The summed E-state index contributed by atoms with van der Waals surface area (Å²) >= 11 is 0. The molecule has 1 aromatic carbocycles. The first-order valence-corrected chi connectivity index (χ1v) is 5.28. The monoisotopic (exact) mass is 216 g/mol. The zero-order valence-electron chi connectivity index (χ0n) is 8.68. The third kappa shape index (κ3) is 1.57. The molecular weight excluding hydrogens is 204 g/mol. The molecule has 1 fully saturated rings. The minimum absolute atomic E-state index is 0.249. The first-order chi connectivity index (χ1) is 7.83. The molecule has 4 heteroatoms. The number of aromatic hydroxyl groups is 1. The maximum atomic E-state index is 9.18. The number of nitrogens with zero attached hydrogens (tertiary/aromatic N) is 1. The van der Waals surface area contributed by atoms with Crippen LogP contribution in [0.2, 0.25) is 0 Å². The topological polar surface area (TPSA) is 58.3 Å². The number of hydrogen-bond acceptors (Lipinski definition) is 4. The Morgan fingerprint density at radius 2 is 2.00 bits per heavy atom. The summed E-state index contributed by atoms with van der Waals surface area (Å²) < 4.78 is 5.43. The van der Waals surface area contributed by atoms with Gasteiger partial charge in [0.2, 0.25) is 5.89 Å². The van der Waals surface area contributed by atoms with Crippen LogP contribution >= 0.6 is 0 Å². The van der Waals surface area contributed by atoms with E-state index in [-0.39, 0.29) is 5.75 Å². The zero-order chi connectivity index (χ0) is 11.0. The molecule has 2 N–H and O–H groups in total. The lowest BCUT2D eigenvalue weighted by Crippen LogP contribution is -2.40. The molecule has 0 amide bonds. The number of nitrogens with one attached hydrogen (secondary N) is 1. The fourth-order valence-corrected chi connectivity index (χ4v) is 1.71. The number of phenolic OH excluding ortho intramolecular Hbond substituents is 1. The molecule has 82 valence electrons. The number of phenols is 1. The first-order valence-electron chi connectivity index (χ1n) is 5.28. The van der Waals surface area contributed by atoms with Crippen molar-refractivity contribution >= 4 is 0 Å². The second kappa shape index (κ2) is 3.64. The van der Waals surface area contributed by atoms with E-state index >= 15 is 0 Å². The maximum Gasteiger partial charge on any atom is 0.226 e. The van der Waals surface area contributed by atoms with Crippen molar-refractivity contribution in [1.29, 1.82) is 0 Å². The summed E-state index contributed by atoms with van der Waals surface area (Å²) in [4.78, 5) is 4.44. The van der Waals surface area contributed by atoms with Crippen LogP contribution in [0.25, 0.3) is 11.5 Å². The Kier molecular flexibility index (Phi) is 2.15. The van der Waals surface area contributed by atoms with E-state index in [1.165, 1.54) is 0 Å². The number of hydrogen-bond donors (Lipinski definition) is 2. The molecule has 2 heterocycles. The van der Waals surface area contributed by atoms with Crippen LogP contribution in [0.5, 0.6) is 5.75 Å². The van der Waals surface area contributed by atoms with Crippen molar-refractivity contribution < 1.29 is 9.52 Å². The number of aromatic nitrogens is 1. The summed E-state index contributed by atoms with van der Waals surface area (Å²) in [6, 6.07) is 6.85. The van der Waals surface area contributed by atoms with Gasteiger partial charge in [-0.05, 0) is 24.3 Å². The summed E-state index contributed by atoms with van der Waals surface area (Å²) in [6.07, 6.45) is 1.72. The van der Waals surface area contributed by atoms with E-state index in [1.807, 2.05) is 0 Å². The van der Waals surface area contributed by atoms with Gasteiger partial charge in [0, 0.05) is 24.6 Å². The second-order valence-electron chi connectivity index (χ2n) is 3.98. The standard InChI is InChI=1S/C12H12N2O2/c15-10-3-1-8(2-4-10)12-14-11(7-16-12)9-5-13-6-9/h1-4,7,9,13,15H,5-6H2. The van der Waals surface area contributed by atoms with Gasteiger partial charge in [0.1, 0.15) is 12.0 Å². The minimum atomic E-state index is 0.249. The van der Waals surface area contributed by atoms with Gasteiger partial charge in [-0.25, -0.2) is 4.98 Å². The molecule has 0 atom stereocenters. The zero-order valence-corrected chi connectivity index (χ0v) is 8.68. The molecule has 3 rings (SSSR count). The van der Waals surface area contributed by atoms with Gasteiger partial charge in [-0.3, -0.25) is 0 Å². The largest absolute Gasteiger partial charge is 0.508 e. The van der Waals surface area contributed by atoms with Gasteiger partial charge in [0.05, 0.1) is 5.69 Å². The van der Waals surface area contributed by atoms with E-state index < -0.39 is 0 Å². The molecule has 0 spiro atoms. The number of benzene rings is 1. The van der Waals surface area contributed by atoms with Crippen molar-refractivity contribution in [3.63, 3.8) is 0 Å². The normalized spacial score (nSPS) is 16.0. The summed E-state index contributed by atoms with van der Waals surface area (Å²) in [7, 11) is 0. The summed E-state index contributed by atoms with van der Waals surface area (Å²) in [5.41, 5.74) is 1.89. The van der Waals surface area contributed by atoms with E-state index in [0.717, 1.165) is 24.3 Å². The molecule has 0 aliphatic carbocycles. The lowest BCUT2D eigenvalue weighted by atomic mass is 10.0. The van der Waals surface area contributed by atoms with E-state index in [1.54, 1.807) is 30.5 Å². The SMILES string of the molecule is Oc1ccc(-c2nc(C3CNC3)co2)cc1. The van der Waals surface area contributed by atoms with Crippen LogP contribution in [0.3, 0.4) is 0 Å². The van der Waals surface area contributed by atoms with Crippen molar-refractivity contribution in [3.8, 4) is 17.2 Å². The van der Waals surface area contributed by atoms with Crippen molar-refractivity contribution in [2.75, 3.05) is 13.1 Å². The molecule has 1 saturated heterocycles. The van der Waals surface area contributed by atoms with Gasteiger partial charge in [-0.15, -0.1) is 0 Å². The Labute approximate surface area is 92.9 Å². The molecule has 16 heavy (non-hydrogen) atoms. The fraction of sp³-hybridized carbons (Fsp3) is 0.250. The van der Waals surface area contributed by atoms with Crippen LogP contribution in [0, 0.1) is 0 Å². The first kappa shape index (κ1) is 9.42. The Hall–Kier alpha value is -1.81. The molecule has 4 nitrogen and oxygen atoms in total. The van der Waals surface area contributed by atoms with Gasteiger partial charge >= 0.3 is 0 Å². The maximum absolute atomic E-state index is 9.18. The molecule has 0 saturated carbocycles. The Morgan fingerprint density at radius 1 is 1.25 bits per heavy atom.